The average Bonchev–Trinajstić information content (AvgIpc) is 2.15. The highest BCUT2D eigenvalue weighted by Gasteiger charge is 2.05. The maximum atomic E-state index is 9.60. The molecule has 0 aliphatic carbocycles. The third-order valence-electron chi connectivity index (χ3n) is 1.73. The van der Waals surface area contributed by atoms with E-state index in [9.17, 15) is 5.11 Å². The van der Waals surface area contributed by atoms with E-state index in [1.54, 1.807) is 0 Å². The van der Waals surface area contributed by atoms with Crippen LogP contribution in [0.1, 0.15) is 18.6 Å². The number of hydrogen-bond donors (Lipinski definition) is 1. The fourth-order valence-corrected chi connectivity index (χ4v) is 1.27. The molecule has 0 bridgehead atoms. The standard InChI is InChI=1S/C10H13BrO2/c1-2-13-7-10(12)8-3-5-9(11)6-4-8/h3-6,10,12H,2,7H2,1H3. The third-order valence-corrected chi connectivity index (χ3v) is 2.26. The first-order chi connectivity index (χ1) is 6.24. The number of aliphatic hydroxyl groups excluding tert-OH is 1. The SMILES string of the molecule is CCOCC(O)c1ccc(Br)cc1. The molecule has 0 saturated heterocycles. The highest BCUT2D eigenvalue weighted by molar-refractivity contribution is 9.10. The maximum Gasteiger partial charge on any atom is 0.102 e. The number of halogens is 1. The number of benzene rings is 1. The van der Waals surface area contributed by atoms with Gasteiger partial charge in [0.25, 0.3) is 0 Å². The molecule has 0 aliphatic rings. The van der Waals surface area contributed by atoms with Gasteiger partial charge in [-0.15, -0.1) is 0 Å². The molecule has 1 aromatic carbocycles. The highest BCUT2D eigenvalue weighted by Crippen LogP contribution is 2.16. The van der Waals surface area contributed by atoms with Crippen molar-refractivity contribution in [3.63, 3.8) is 0 Å². The predicted molar refractivity (Wildman–Crippen MR) is 55.6 cm³/mol. The summed E-state index contributed by atoms with van der Waals surface area (Å²) in [6.45, 7) is 2.90. The molecule has 1 N–H and O–H groups in total. The molecule has 2 nitrogen and oxygen atoms in total. The zero-order valence-corrected chi connectivity index (χ0v) is 9.12. The van der Waals surface area contributed by atoms with Crippen molar-refractivity contribution in [2.24, 2.45) is 0 Å². The summed E-state index contributed by atoms with van der Waals surface area (Å²) in [7, 11) is 0. The van der Waals surface area contributed by atoms with Gasteiger partial charge in [0.05, 0.1) is 6.61 Å². The van der Waals surface area contributed by atoms with E-state index in [1.807, 2.05) is 31.2 Å². The molecule has 0 aliphatic heterocycles. The molecule has 13 heavy (non-hydrogen) atoms. The van der Waals surface area contributed by atoms with E-state index < -0.39 is 6.10 Å². The van der Waals surface area contributed by atoms with E-state index in [1.165, 1.54) is 0 Å². The summed E-state index contributed by atoms with van der Waals surface area (Å²) in [5.41, 5.74) is 0.886. The summed E-state index contributed by atoms with van der Waals surface area (Å²) < 4.78 is 6.13. The monoisotopic (exact) mass is 244 g/mol. The molecular formula is C10H13BrO2. The second kappa shape index (κ2) is 5.37. The van der Waals surface area contributed by atoms with E-state index in [0.717, 1.165) is 10.0 Å². The third kappa shape index (κ3) is 3.46. The Morgan fingerprint density at radius 2 is 2.00 bits per heavy atom. The fourth-order valence-electron chi connectivity index (χ4n) is 1.01. The van der Waals surface area contributed by atoms with Crippen molar-refractivity contribution in [3.05, 3.63) is 34.3 Å². The smallest absolute Gasteiger partial charge is 0.102 e. The van der Waals surface area contributed by atoms with E-state index in [-0.39, 0.29) is 0 Å². The minimum atomic E-state index is -0.520. The quantitative estimate of drug-likeness (QED) is 0.883. The molecule has 0 saturated carbocycles. The lowest BCUT2D eigenvalue weighted by Crippen LogP contribution is -2.06. The second-order valence-corrected chi connectivity index (χ2v) is 3.64. The fraction of sp³-hybridized carbons (Fsp3) is 0.400. The lowest BCUT2D eigenvalue weighted by atomic mass is 10.1. The van der Waals surface area contributed by atoms with Gasteiger partial charge in [0.1, 0.15) is 6.10 Å². The summed E-state index contributed by atoms with van der Waals surface area (Å²) in [6, 6.07) is 7.58. The van der Waals surface area contributed by atoms with Gasteiger partial charge < -0.3 is 9.84 Å². The van der Waals surface area contributed by atoms with Crippen LogP contribution in [0.25, 0.3) is 0 Å². The molecule has 72 valence electrons. The van der Waals surface area contributed by atoms with Crippen molar-refractivity contribution in [2.75, 3.05) is 13.2 Å². The van der Waals surface area contributed by atoms with Crippen LogP contribution in [-0.2, 0) is 4.74 Å². The Balaban J connectivity index is 2.55. The molecule has 1 rings (SSSR count). The van der Waals surface area contributed by atoms with Gasteiger partial charge in [-0.2, -0.15) is 0 Å². The first-order valence-corrected chi connectivity index (χ1v) is 5.04. The van der Waals surface area contributed by atoms with Gasteiger partial charge >= 0.3 is 0 Å². The zero-order chi connectivity index (χ0) is 9.68. The van der Waals surface area contributed by atoms with Crippen molar-refractivity contribution in [2.45, 2.75) is 13.0 Å². The van der Waals surface area contributed by atoms with Gasteiger partial charge in [-0.05, 0) is 24.6 Å². The summed E-state index contributed by atoms with van der Waals surface area (Å²) in [5, 5.41) is 9.60. The van der Waals surface area contributed by atoms with Crippen molar-refractivity contribution >= 4 is 15.9 Å². The molecule has 1 atom stereocenters. The first-order valence-electron chi connectivity index (χ1n) is 4.25. The van der Waals surface area contributed by atoms with Crippen LogP contribution < -0.4 is 0 Å². The van der Waals surface area contributed by atoms with Crippen molar-refractivity contribution in [1.29, 1.82) is 0 Å². The Labute approximate surface area is 86.7 Å². The summed E-state index contributed by atoms with van der Waals surface area (Å²) in [5.74, 6) is 0. The molecule has 1 aromatic rings. The second-order valence-electron chi connectivity index (χ2n) is 2.73. The molecular weight excluding hydrogens is 232 g/mol. The summed E-state index contributed by atoms with van der Waals surface area (Å²) in [4.78, 5) is 0. The Morgan fingerprint density at radius 3 is 2.54 bits per heavy atom. The molecule has 0 fully saturated rings. The van der Waals surface area contributed by atoms with E-state index in [2.05, 4.69) is 15.9 Å². The van der Waals surface area contributed by atoms with Crippen LogP contribution in [0.2, 0.25) is 0 Å². The van der Waals surface area contributed by atoms with Crippen molar-refractivity contribution in [1.82, 2.24) is 0 Å². The van der Waals surface area contributed by atoms with Crippen LogP contribution in [0.3, 0.4) is 0 Å². The Hall–Kier alpha value is -0.380. The molecule has 3 heteroatoms. The molecule has 0 aromatic heterocycles. The Morgan fingerprint density at radius 1 is 1.38 bits per heavy atom. The molecule has 0 heterocycles. The van der Waals surface area contributed by atoms with Crippen LogP contribution in [0, 0.1) is 0 Å². The van der Waals surface area contributed by atoms with Crippen LogP contribution in [0.15, 0.2) is 28.7 Å². The number of aliphatic hydroxyl groups is 1. The topological polar surface area (TPSA) is 29.5 Å². The van der Waals surface area contributed by atoms with Gasteiger partial charge in [-0.1, -0.05) is 28.1 Å². The normalized spacial score (nSPS) is 12.8. The molecule has 0 radical (unpaired) electrons. The Kier molecular flexibility index (Phi) is 4.42. The molecule has 0 amide bonds. The Bertz CT molecular complexity index is 246. The van der Waals surface area contributed by atoms with Crippen molar-refractivity contribution in [3.8, 4) is 0 Å². The van der Waals surface area contributed by atoms with Crippen LogP contribution in [-0.4, -0.2) is 18.3 Å². The largest absolute Gasteiger partial charge is 0.386 e. The van der Waals surface area contributed by atoms with Crippen LogP contribution in [0.4, 0.5) is 0 Å². The van der Waals surface area contributed by atoms with Gasteiger partial charge in [-0.25, -0.2) is 0 Å². The van der Waals surface area contributed by atoms with E-state index in [0.29, 0.717) is 13.2 Å². The minimum Gasteiger partial charge on any atom is -0.386 e. The number of hydrogen-bond acceptors (Lipinski definition) is 2. The van der Waals surface area contributed by atoms with E-state index in [4.69, 9.17) is 4.74 Å². The highest BCUT2D eigenvalue weighted by atomic mass is 79.9. The van der Waals surface area contributed by atoms with Gasteiger partial charge in [0.2, 0.25) is 0 Å². The average molecular weight is 245 g/mol. The maximum absolute atomic E-state index is 9.60. The minimum absolute atomic E-state index is 0.359. The van der Waals surface area contributed by atoms with Gasteiger partial charge in [0, 0.05) is 11.1 Å². The predicted octanol–water partition coefficient (Wildman–Crippen LogP) is 2.52. The molecule has 0 spiro atoms. The number of rotatable bonds is 4. The lowest BCUT2D eigenvalue weighted by molar-refractivity contribution is 0.0420. The summed E-state index contributed by atoms with van der Waals surface area (Å²) >= 11 is 3.33. The van der Waals surface area contributed by atoms with E-state index >= 15 is 0 Å². The van der Waals surface area contributed by atoms with Crippen LogP contribution >= 0.6 is 15.9 Å². The van der Waals surface area contributed by atoms with Crippen LogP contribution in [0.5, 0.6) is 0 Å². The number of ether oxygens (including phenoxy) is 1. The van der Waals surface area contributed by atoms with Crippen molar-refractivity contribution < 1.29 is 9.84 Å². The molecule has 1 unspecified atom stereocenters. The first kappa shape index (κ1) is 10.7. The zero-order valence-electron chi connectivity index (χ0n) is 7.53. The van der Waals surface area contributed by atoms with Gasteiger partial charge in [-0.3, -0.25) is 0 Å². The summed E-state index contributed by atoms with van der Waals surface area (Å²) in [6.07, 6.45) is -0.520. The van der Waals surface area contributed by atoms with Gasteiger partial charge in [0.15, 0.2) is 0 Å². The lowest BCUT2D eigenvalue weighted by Gasteiger charge is -2.10.